The number of benzene rings is 2. The quantitative estimate of drug-likeness (QED) is 0.556. The molecule has 2 amide bonds. The van der Waals surface area contributed by atoms with E-state index in [0.29, 0.717) is 22.9 Å². The molecule has 3 rings (SSSR count). The molecule has 1 saturated heterocycles. The summed E-state index contributed by atoms with van der Waals surface area (Å²) in [4.78, 5) is 37.8. The normalized spacial score (nSPS) is 15.3. The smallest absolute Gasteiger partial charge is 0.311 e. The van der Waals surface area contributed by atoms with Crippen LogP contribution >= 0.6 is 11.8 Å². The number of nitro benzene ring substituents is 1. The Bertz CT molecular complexity index is 1020. The number of carbonyl (C=O) groups excluding carboxylic acids is 2. The van der Waals surface area contributed by atoms with Crippen molar-refractivity contribution < 1.29 is 19.2 Å². The number of thioether (sulfide) groups is 1. The van der Waals surface area contributed by atoms with Crippen molar-refractivity contribution in [3.05, 3.63) is 63.7 Å². The summed E-state index contributed by atoms with van der Waals surface area (Å²) in [6.45, 7) is 1.97. The molecule has 2 aromatic carbocycles. The zero-order valence-electron chi connectivity index (χ0n) is 16.0. The van der Waals surface area contributed by atoms with Gasteiger partial charge in [0.2, 0.25) is 5.91 Å². The maximum atomic E-state index is 13.0. The van der Waals surface area contributed by atoms with E-state index in [2.05, 4.69) is 5.32 Å². The van der Waals surface area contributed by atoms with Gasteiger partial charge in [-0.05, 0) is 43.3 Å². The molecule has 0 radical (unpaired) electrons. The predicted molar refractivity (Wildman–Crippen MR) is 111 cm³/mol. The first-order chi connectivity index (χ1) is 14.4. The molecule has 1 heterocycles. The van der Waals surface area contributed by atoms with Gasteiger partial charge in [-0.25, -0.2) is 0 Å². The summed E-state index contributed by atoms with van der Waals surface area (Å²) in [6, 6.07) is 11.7. The minimum atomic E-state index is -0.719. The molecule has 10 heteroatoms. The molecule has 9 nitrogen and oxygen atoms in total. The average Bonchev–Trinajstić information content (AvgIpc) is 3.24. The van der Waals surface area contributed by atoms with Gasteiger partial charge in [-0.3, -0.25) is 19.7 Å². The molecule has 1 aliphatic rings. The van der Waals surface area contributed by atoms with Gasteiger partial charge in [0.15, 0.2) is 5.75 Å². The number of rotatable bonds is 6. The Morgan fingerprint density at radius 2 is 2.07 bits per heavy atom. The maximum absolute atomic E-state index is 13.0. The van der Waals surface area contributed by atoms with Crippen molar-refractivity contribution >= 4 is 35.0 Å². The number of anilines is 1. The van der Waals surface area contributed by atoms with Gasteiger partial charge in [0.05, 0.1) is 29.0 Å². The first kappa shape index (κ1) is 21.1. The third kappa shape index (κ3) is 4.52. The standard InChI is InChI=1S/C20H18N4O5S/c1-2-29-18-8-5-14(9-16(18)24(27)28)20(26)23-12-30-11-17(23)19(25)22-15-6-3-13(10-21)4-7-15/h3-9,17H,2,11-12H2,1H3,(H,22,25). The van der Waals surface area contributed by atoms with Crippen LogP contribution in [-0.2, 0) is 4.79 Å². The monoisotopic (exact) mass is 426 g/mol. The minimum absolute atomic E-state index is 0.0879. The van der Waals surface area contributed by atoms with Crippen LogP contribution in [0.5, 0.6) is 5.75 Å². The first-order valence-electron chi connectivity index (χ1n) is 9.05. The Kier molecular flexibility index (Phi) is 6.54. The fourth-order valence-electron chi connectivity index (χ4n) is 2.95. The molecule has 1 fully saturated rings. The Morgan fingerprint density at radius 3 is 2.70 bits per heavy atom. The number of nitro groups is 1. The maximum Gasteiger partial charge on any atom is 0.311 e. The van der Waals surface area contributed by atoms with Crippen molar-refractivity contribution in [3.8, 4) is 11.8 Å². The van der Waals surface area contributed by atoms with Crippen LogP contribution in [-0.4, -0.2) is 45.9 Å². The van der Waals surface area contributed by atoms with Crippen LogP contribution in [0.15, 0.2) is 42.5 Å². The summed E-state index contributed by atoms with van der Waals surface area (Å²) < 4.78 is 5.25. The van der Waals surface area contributed by atoms with Gasteiger partial charge in [-0.15, -0.1) is 11.8 Å². The Morgan fingerprint density at radius 1 is 1.33 bits per heavy atom. The van der Waals surface area contributed by atoms with Gasteiger partial charge >= 0.3 is 5.69 Å². The third-order valence-electron chi connectivity index (χ3n) is 4.43. The van der Waals surface area contributed by atoms with E-state index in [1.54, 1.807) is 31.2 Å². The number of hydrogen-bond donors (Lipinski definition) is 1. The van der Waals surface area contributed by atoms with Gasteiger partial charge in [-0.1, -0.05) is 0 Å². The highest BCUT2D eigenvalue weighted by Gasteiger charge is 2.36. The van der Waals surface area contributed by atoms with Gasteiger partial charge in [0.25, 0.3) is 5.91 Å². The molecule has 0 spiro atoms. The van der Waals surface area contributed by atoms with Gasteiger partial charge in [0.1, 0.15) is 6.04 Å². The molecule has 30 heavy (non-hydrogen) atoms. The van der Waals surface area contributed by atoms with Crippen molar-refractivity contribution in [2.75, 3.05) is 23.6 Å². The van der Waals surface area contributed by atoms with Crippen molar-refractivity contribution in [1.29, 1.82) is 5.26 Å². The SMILES string of the molecule is CCOc1ccc(C(=O)N2CSCC2C(=O)Nc2ccc(C#N)cc2)cc1[N+](=O)[O-]. The Balaban J connectivity index is 1.78. The Hall–Kier alpha value is -3.58. The lowest BCUT2D eigenvalue weighted by Crippen LogP contribution is -2.44. The highest BCUT2D eigenvalue weighted by atomic mass is 32.2. The van der Waals surface area contributed by atoms with Gasteiger partial charge in [-0.2, -0.15) is 5.26 Å². The molecule has 1 N–H and O–H groups in total. The lowest BCUT2D eigenvalue weighted by Gasteiger charge is -2.23. The van der Waals surface area contributed by atoms with Gasteiger partial charge in [0, 0.05) is 23.1 Å². The van der Waals surface area contributed by atoms with Crippen molar-refractivity contribution in [2.24, 2.45) is 0 Å². The molecule has 0 bridgehead atoms. The molecule has 154 valence electrons. The van der Waals surface area contributed by atoms with E-state index in [4.69, 9.17) is 10.00 Å². The zero-order valence-corrected chi connectivity index (χ0v) is 16.8. The van der Waals surface area contributed by atoms with Gasteiger partial charge < -0.3 is 15.0 Å². The molecule has 0 saturated carbocycles. The van der Waals surface area contributed by atoms with E-state index in [0.717, 1.165) is 0 Å². The fraction of sp³-hybridized carbons (Fsp3) is 0.250. The second-order valence-corrected chi connectivity index (χ2v) is 7.34. The van der Waals surface area contributed by atoms with Crippen molar-refractivity contribution in [2.45, 2.75) is 13.0 Å². The average molecular weight is 426 g/mol. The van der Waals surface area contributed by atoms with E-state index >= 15 is 0 Å². The van der Waals surface area contributed by atoms with Crippen LogP contribution in [0.4, 0.5) is 11.4 Å². The first-order valence-corrected chi connectivity index (χ1v) is 10.2. The number of carbonyl (C=O) groups is 2. The van der Waals surface area contributed by atoms with E-state index in [9.17, 15) is 19.7 Å². The third-order valence-corrected chi connectivity index (χ3v) is 5.44. The highest BCUT2D eigenvalue weighted by Crippen LogP contribution is 2.30. The summed E-state index contributed by atoms with van der Waals surface area (Å²) in [7, 11) is 0. The number of hydrogen-bond acceptors (Lipinski definition) is 7. The summed E-state index contributed by atoms with van der Waals surface area (Å²) in [5.41, 5.74) is 0.801. The molecule has 1 atom stereocenters. The van der Waals surface area contributed by atoms with Crippen LogP contribution in [0, 0.1) is 21.4 Å². The summed E-state index contributed by atoms with van der Waals surface area (Å²) in [5.74, 6) is -0.0345. The molecule has 0 aromatic heterocycles. The van der Waals surface area contributed by atoms with Crippen LogP contribution in [0.2, 0.25) is 0 Å². The topological polar surface area (TPSA) is 126 Å². The predicted octanol–water partition coefficient (Wildman–Crippen LogP) is 3.02. The minimum Gasteiger partial charge on any atom is -0.487 e. The number of amides is 2. The number of ether oxygens (including phenoxy) is 1. The van der Waals surface area contributed by atoms with Crippen LogP contribution in [0.3, 0.4) is 0 Å². The molecular weight excluding hydrogens is 408 g/mol. The molecular formula is C20H18N4O5S. The fourth-order valence-corrected chi connectivity index (χ4v) is 4.10. The molecule has 0 aliphatic carbocycles. The lowest BCUT2D eigenvalue weighted by molar-refractivity contribution is -0.385. The van der Waals surface area contributed by atoms with Crippen LogP contribution in [0.25, 0.3) is 0 Å². The number of nitrogens with zero attached hydrogens (tertiary/aromatic N) is 3. The second-order valence-electron chi connectivity index (χ2n) is 6.34. The largest absolute Gasteiger partial charge is 0.487 e. The van der Waals surface area contributed by atoms with Crippen molar-refractivity contribution in [1.82, 2.24) is 4.90 Å². The number of nitrogens with one attached hydrogen (secondary N) is 1. The molecule has 1 unspecified atom stereocenters. The zero-order chi connectivity index (χ0) is 21.7. The van der Waals surface area contributed by atoms with Crippen molar-refractivity contribution in [3.63, 3.8) is 0 Å². The molecule has 1 aliphatic heterocycles. The highest BCUT2D eigenvalue weighted by molar-refractivity contribution is 7.99. The lowest BCUT2D eigenvalue weighted by atomic mass is 10.1. The summed E-state index contributed by atoms with van der Waals surface area (Å²) in [6.07, 6.45) is 0. The van der Waals surface area contributed by atoms with E-state index in [1.807, 2.05) is 6.07 Å². The summed E-state index contributed by atoms with van der Waals surface area (Å²) >= 11 is 1.42. The van der Waals surface area contributed by atoms with E-state index in [1.165, 1.54) is 34.9 Å². The van der Waals surface area contributed by atoms with Crippen LogP contribution in [0.1, 0.15) is 22.8 Å². The van der Waals surface area contributed by atoms with Crippen LogP contribution < -0.4 is 10.1 Å². The Labute approximate surface area is 176 Å². The van der Waals surface area contributed by atoms with E-state index < -0.39 is 16.9 Å². The summed E-state index contributed by atoms with van der Waals surface area (Å²) in [5, 5.41) is 22.9. The molecule has 2 aromatic rings. The second kappa shape index (κ2) is 9.28. The number of nitriles is 1. The van der Waals surface area contributed by atoms with E-state index in [-0.39, 0.29) is 29.5 Å².